The number of hydrogen-bond donors (Lipinski definition) is 2. The van der Waals surface area contributed by atoms with Gasteiger partial charge in [-0.25, -0.2) is 0 Å². The van der Waals surface area contributed by atoms with Crippen LogP contribution in [0.5, 0.6) is 0 Å². The van der Waals surface area contributed by atoms with Gasteiger partial charge in [0, 0.05) is 35.2 Å². The molecular weight excluding hydrogens is 276 g/mol. The van der Waals surface area contributed by atoms with Crippen molar-refractivity contribution in [3.63, 3.8) is 0 Å². The highest BCUT2D eigenvalue weighted by molar-refractivity contribution is 7.12. The maximum Gasteiger partial charge on any atom is 0.239 e. The molecule has 1 saturated carbocycles. The lowest BCUT2D eigenvalue weighted by Gasteiger charge is -2.06. The molecule has 1 aromatic heterocycles. The van der Waals surface area contributed by atoms with E-state index in [9.17, 15) is 9.59 Å². The largest absolute Gasteiger partial charge is 0.383 e. The van der Waals surface area contributed by atoms with Crippen LogP contribution in [0.15, 0.2) is 12.1 Å². The van der Waals surface area contributed by atoms with E-state index < -0.39 is 0 Å². The van der Waals surface area contributed by atoms with Crippen LogP contribution < -0.4 is 10.6 Å². The minimum atomic E-state index is -0.181. The molecule has 0 radical (unpaired) electrons. The Morgan fingerprint density at radius 3 is 2.85 bits per heavy atom. The van der Waals surface area contributed by atoms with Crippen LogP contribution in [0.3, 0.4) is 0 Å². The second-order valence-corrected chi connectivity index (χ2v) is 6.28. The van der Waals surface area contributed by atoms with Gasteiger partial charge >= 0.3 is 0 Å². The predicted molar refractivity (Wildman–Crippen MR) is 77.8 cm³/mol. The summed E-state index contributed by atoms with van der Waals surface area (Å²) in [6, 6.07) is 4.17. The molecule has 0 saturated heterocycles. The Labute approximate surface area is 122 Å². The number of thiophene rings is 1. The van der Waals surface area contributed by atoms with Crippen molar-refractivity contribution >= 4 is 23.2 Å². The molecule has 5 nitrogen and oxygen atoms in total. The van der Waals surface area contributed by atoms with Gasteiger partial charge in [0.2, 0.25) is 11.8 Å². The maximum absolute atomic E-state index is 11.9. The summed E-state index contributed by atoms with van der Waals surface area (Å²) in [7, 11) is 1.58. The first-order chi connectivity index (χ1) is 9.61. The second kappa shape index (κ2) is 6.85. The lowest BCUT2D eigenvalue weighted by Crippen LogP contribution is -2.38. The average Bonchev–Trinajstić information content (AvgIpc) is 3.12. The Kier molecular flexibility index (Phi) is 5.14. The lowest BCUT2D eigenvalue weighted by molar-refractivity contribution is -0.126. The Hall–Kier alpha value is -1.40. The molecule has 2 atom stereocenters. The van der Waals surface area contributed by atoms with E-state index in [-0.39, 0.29) is 24.3 Å². The summed E-state index contributed by atoms with van der Waals surface area (Å²) in [5.74, 6) is 0.160. The number of nitrogens with one attached hydrogen (secondary N) is 2. The molecular formula is C14H20N2O3S. The van der Waals surface area contributed by atoms with Crippen LogP contribution in [-0.4, -0.2) is 38.6 Å². The van der Waals surface area contributed by atoms with E-state index in [1.165, 1.54) is 9.75 Å². The second-order valence-electron chi connectivity index (χ2n) is 4.96. The number of ether oxygens (including phenoxy) is 1. The smallest absolute Gasteiger partial charge is 0.239 e. The van der Waals surface area contributed by atoms with E-state index in [4.69, 9.17) is 4.74 Å². The molecule has 2 amide bonds. The molecule has 1 aliphatic carbocycles. The van der Waals surface area contributed by atoms with Crippen molar-refractivity contribution in [1.29, 1.82) is 0 Å². The summed E-state index contributed by atoms with van der Waals surface area (Å²) in [5.41, 5.74) is 0. The van der Waals surface area contributed by atoms with Gasteiger partial charge in [-0.15, -0.1) is 11.3 Å². The van der Waals surface area contributed by atoms with Crippen molar-refractivity contribution in [1.82, 2.24) is 10.6 Å². The minimum Gasteiger partial charge on any atom is -0.383 e. The van der Waals surface area contributed by atoms with Crippen molar-refractivity contribution in [3.05, 3.63) is 21.9 Å². The molecule has 0 bridgehead atoms. The van der Waals surface area contributed by atoms with Crippen molar-refractivity contribution in [2.75, 3.05) is 26.8 Å². The third-order valence-corrected chi connectivity index (χ3v) is 4.44. The maximum atomic E-state index is 11.9. The Bertz CT molecular complexity index is 487. The quantitative estimate of drug-likeness (QED) is 0.739. The number of aryl methyl sites for hydroxylation is 1. The number of carbonyl (C=O) groups is 2. The standard InChI is InChI=1S/C14H20N2O3S/c1-9-3-4-12(20-9)10-7-11(10)14(18)16-8-13(17)15-5-6-19-2/h3-4,10-11H,5-8H2,1-2H3,(H,15,17)(H,16,18)/t10-,11+/m0/s1. The summed E-state index contributed by atoms with van der Waals surface area (Å²) in [6.07, 6.45) is 0.886. The highest BCUT2D eigenvalue weighted by Crippen LogP contribution is 2.49. The third-order valence-electron chi connectivity index (χ3n) is 3.31. The molecule has 1 aliphatic rings. The average molecular weight is 296 g/mol. The lowest BCUT2D eigenvalue weighted by atomic mass is 10.2. The fourth-order valence-electron chi connectivity index (χ4n) is 2.11. The van der Waals surface area contributed by atoms with E-state index in [2.05, 4.69) is 29.7 Å². The van der Waals surface area contributed by atoms with Crippen LogP contribution in [0.2, 0.25) is 0 Å². The van der Waals surface area contributed by atoms with Crippen molar-refractivity contribution in [2.24, 2.45) is 5.92 Å². The van der Waals surface area contributed by atoms with Crippen LogP contribution in [0, 0.1) is 12.8 Å². The van der Waals surface area contributed by atoms with Gasteiger partial charge in [0.15, 0.2) is 0 Å². The van der Waals surface area contributed by atoms with Crippen molar-refractivity contribution in [3.8, 4) is 0 Å². The van der Waals surface area contributed by atoms with Gasteiger partial charge in [0.1, 0.15) is 0 Å². The number of rotatable bonds is 7. The molecule has 0 spiro atoms. The molecule has 1 heterocycles. The molecule has 2 rings (SSSR count). The molecule has 0 unspecified atom stereocenters. The van der Waals surface area contributed by atoms with Gasteiger partial charge in [-0.3, -0.25) is 9.59 Å². The summed E-state index contributed by atoms with van der Waals surface area (Å²) in [6.45, 7) is 3.04. The van der Waals surface area contributed by atoms with Crippen LogP contribution in [0.1, 0.15) is 22.1 Å². The highest BCUT2D eigenvalue weighted by atomic mass is 32.1. The number of carbonyl (C=O) groups excluding carboxylic acids is 2. The third kappa shape index (κ3) is 4.05. The summed E-state index contributed by atoms with van der Waals surface area (Å²) in [5, 5.41) is 5.36. The Balaban J connectivity index is 1.68. The van der Waals surface area contributed by atoms with E-state index in [1.54, 1.807) is 18.4 Å². The minimum absolute atomic E-state index is 0.0251. The number of amides is 2. The molecule has 2 N–H and O–H groups in total. The predicted octanol–water partition coefficient (Wildman–Crippen LogP) is 1.04. The molecule has 110 valence electrons. The first-order valence-electron chi connectivity index (χ1n) is 6.71. The Morgan fingerprint density at radius 1 is 1.40 bits per heavy atom. The van der Waals surface area contributed by atoms with Gasteiger partial charge < -0.3 is 15.4 Å². The SMILES string of the molecule is COCCNC(=O)CNC(=O)[C@@H]1C[C@@H]1c1ccc(C)s1. The fraction of sp³-hybridized carbons (Fsp3) is 0.571. The zero-order valence-electron chi connectivity index (χ0n) is 11.8. The Morgan fingerprint density at radius 2 is 2.20 bits per heavy atom. The molecule has 1 aromatic rings. The molecule has 0 aromatic carbocycles. The van der Waals surface area contributed by atoms with Crippen molar-refractivity contribution < 1.29 is 14.3 Å². The van der Waals surface area contributed by atoms with Crippen LogP contribution in [0.4, 0.5) is 0 Å². The molecule has 0 aliphatic heterocycles. The normalized spacial score (nSPS) is 20.5. The summed E-state index contributed by atoms with van der Waals surface area (Å²) in [4.78, 5) is 25.9. The van der Waals surface area contributed by atoms with Crippen LogP contribution >= 0.6 is 11.3 Å². The number of hydrogen-bond acceptors (Lipinski definition) is 4. The van der Waals surface area contributed by atoms with Gasteiger partial charge in [0.05, 0.1) is 13.2 Å². The highest BCUT2D eigenvalue weighted by Gasteiger charge is 2.44. The van der Waals surface area contributed by atoms with E-state index in [0.717, 1.165) is 6.42 Å². The van der Waals surface area contributed by atoms with Gasteiger partial charge in [0.25, 0.3) is 0 Å². The van der Waals surface area contributed by atoms with E-state index in [1.807, 2.05) is 0 Å². The zero-order chi connectivity index (χ0) is 14.5. The van der Waals surface area contributed by atoms with Gasteiger partial charge in [-0.1, -0.05) is 0 Å². The topological polar surface area (TPSA) is 67.4 Å². The van der Waals surface area contributed by atoms with Crippen LogP contribution in [-0.2, 0) is 14.3 Å². The van der Waals surface area contributed by atoms with E-state index >= 15 is 0 Å². The van der Waals surface area contributed by atoms with Crippen LogP contribution in [0.25, 0.3) is 0 Å². The molecule has 1 fully saturated rings. The first-order valence-corrected chi connectivity index (χ1v) is 7.53. The van der Waals surface area contributed by atoms with Gasteiger partial charge in [-0.2, -0.15) is 0 Å². The first kappa shape index (κ1) is 15.0. The van der Waals surface area contributed by atoms with Crippen molar-refractivity contribution in [2.45, 2.75) is 19.3 Å². The fourth-order valence-corrected chi connectivity index (χ4v) is 3.16. The monoisotopic (exact) mass is 296 g/mol. The van der Waals surface area contributed by atoms with Gasteiger partial charge in [-0.05, 0) is 25.5 Å². The molecule has 20 heavy (non-hydrogen) atoms. The zero-order valence-corrected chi connectivity index (χ0v) is 12.6. The summed E-state index contributed by atoms with van der Waals surface area (Å²) < 4.78 is 4.83. The number of methoxy groups -OCH3 is 1. The molecule has 6 heteroatoms. The van der Waals surface area contributed by atoms with E-state index in [0.29, 0.717) is 19.1 Å². The summed E-state index contributed by atoms with van der Waals surface area (Å²) >= 11 is 1.74.